The fourth-order valence-corrected chi connectivity index (χ4v) is 4.33. The van der Waals surface area contributed by atoms with E-state index in [0.717, 1.165) is 43.8 Å². The second kappa shape index (κ2) is 12.7. The van der Waals surface area contributed by atoms with Gasteiger partial charge in [0.05, 0.1) is 12.3 Å². The Morgan fingerprint density at radius 2 is 1.96 bits per heavy atom. The number of guanidine groups is 1. The van der Waals surface area contributed by atoms with Crippen LogP contribution in [0.1, 0.15) is 50.8 Å². The zero-order chi connectivity index (χ0) is 18.9. The van der Waals surface area contributed by atoms with Crippen molar-refractivity contribution in [3.63, 3.8) is 0 Å². The van der Waals surface area contributed by atoms with Crippen molar-refractivity contribution >= 4 is 29.9 Å². The smallest absolute Gasteiger partial charge is 0.191 e. The van der Waals surface area contributed by atoms with Crippen molar-refractivity contribution < 1.29 is 4.42 Å². The van der Waals surface area contributed by atoms with E-state index in [4.69, 9.17) is 4.42 Å². The molecule has 2 saturated heterocycles. The van der Waals surface area contributed by atoms with Crippen LogP contribution in [0.15, 0.2) is 27.8 Å². The summed E-state index contributed by atoms with van der Waals surface area (Å²) in [6, 6.07) is 4.35. The van der Waals surface area contributed by atoms with Gasteiger partial charge in [-0.1, -0.05) is 6.92 Å². The molecule has 28 heavy (non-hydrogen) atoms. The maximum Gasteiger partial charge on any atom is 0.191 e. The van der Waals surface area contributed by atoms with Crippen LogP contribution in [0.25, 0.3) is 0 Å². The molecule has 0 aliphatic carbocycles. The zero-order valence-corrected chi connectivity index (χ0v) is 19.9. The first-order chi connectivity index (χ1) is 13.3. The molecule has 6 nitrogen and oxygen atoms in total. The van der Waals surface area contributed by atoms with Crippen molar-refractivity contribution in [2.24, 2.45) is 10.9 Å². The Hall–Kier alpha value is -0.800. The van der Waals surface area contributed by atoms with E-state index in [1.54, 1.807) is 6.26 Å². The Morgan fingerprint density at radius 1 is 1.21 bits per heavy atom. The highest BCUT2D eigenvalue weighted by Crippen LogP contribution is 2.24. The predicted octanol–water partition coefficient (Wildman–Crippen LogP) is 3.32. The van der Waals surface area contributed by atoms with E-state index in [0.29, 0.717) is 0 Å². The molecular formula is C21H38IN5O. The van der Waals surface area contributed by atoms with E-state index in [1.807, 2.05) is 13.1 Å². The molecule has 0 bridgehead atoms. The molecule has 2 fully saturated rings. The van der Waals surface area contributed by atoms with Crippen molar-refractivity contribution in [3.05, 3.63) is 24.2 Å². The van der Waals surface area contributed by atoms with Gasteiger partial charge in [0.2, 0.25) is 0 Å². The van der Waals surface area contributed by atoms with Crippen LogP contribution in [0.4, 0.5) is 0 Å². The van der Waals surface area contributed by atoms with Gasteiger partial charge in [-0.05, 0) is 82.9 Å². The topological polar surface area (TPSA) is 56.0 Å². The van der Waals surface area contributed by atoms with Crippen LogP contribution in [0.5, 0.6) is 0 Å². The number of likely N-dealkylation sites (tertiary alicyclic amines) is 2. The van der Waals surface area contributed by atoms with Gasteiger partial charge in [-0.15, -0.1) is 24.0 Å². The fraction of sp³-hybridized carbons (Fsp3) is 0.762. The lowest BCUT2D eigenvalue weighted by atomic mass is 9.97. The Morgan fingerprint density at radius 3 is 2.57 bits per heavy atom. The standard InChI is InChI=1S/C21H37N5O.HI/c1-3-10-25-13-8-18(9-14-25)16-23-21(22-2)24-17-19(20-7-6-15-27-20)26-11-4-5-12-26;/h6-7,15,18-19H,3-5,8-14,16-17H2,1-2H3,(H2,22,23,24);1H. The van der Waals surface area contributed by atoms with Gasteiger partial charge in [0.25, 0.3) is 0 Å². The SMILES string of the molecule is CCCN1CCC(CNC(=NC)NCC(c2ccco2)N2CCCC2)CC1.I. The molecule has 1 aromatic heterocycles. The lowest BCUT2D eigenvalue weighted by Crippen LogP contribution is -2.45. The summed E-state index contributed by atoms with van der Waals surface area (Å²) in [5.74, 6) is 2.70. The molecule has 1 atom stereocenters. The molecule has 2 aliphatic rings. The number of hydrogen-bond donors (Lipinski definition) is 2. The second-order valence-corrected chi connectivity index (χ2v) is 7.89. The predicted molar refractivity (Wildman–Crippen MR) is 126 cm³/mol. The van der Waals surface area contributed by atoms with Crippen LogP contribution < -0.4 is 10.6 Å². The summed E-state index contributed by atoms with van der Waals surface area (Å²) < 4.78 is 5.71. The monoisotopic (exact) mass is 503 g/mol. The lowest BCUT2D eigenvalue weighted by Gasteiger charge is -2.32. The summed E-state index contributed by atoms with van der Waals surface area (Å²) in [5.41, 5.74) is 0. The molecule has 0 aromatic carbocycles. The molecule has 0 spiro atoms. The Labute approximate surface area is 187 Å². The van der Waals surface area contributed by atoms with Gasteiger partial charge >= 0.3 is 0 Å². The quantitative estimate of drug-likeness (QED) is 0.324. The third kappa shape index (κ3) is 6.91. The van der Waals surface area contributed by atoms with Crippen molar-refractivity contribution in [3.8, 4) is 0 Å². The highest BCUT2D eigenvalue weighted by molar-refractivity contribution is 14.0. The number of furan rings is 1. The summed E-state index contributed by atoms with van der Waals surface area (Å²) in [6.07, 6.45) is 8.16. The largest absolute Gasteiger partial charge is 0.468 e. The maximum atomic E-state index is 5.71. The first-order valence-corrected chi connectivity index (χ1v) is 10.7. The van der Waals surface area contributed by atoms with Crippen LogP contribution in [0, 0.1) is 5.92 Å². The fourth-order valence-electron chi connectivity index (χ4n) is 4.33. The highest BCUT2D eigenvalue weighted by atomic mass is 127. The van der Waals surface area contributed by atoms with Crippen molar-refractivity contribution in [1.82, 2.24) is 20.4 Å². The molecule has 7 heteroatoms. The van der Waals surface area contributed by atoms with Crippen molar-refractivity contribution in [2.75, 3.05) is 52.9 Å². The minimum absolute atomic E-state index is 0. The average Bonchev–Trinajstić information content (AvgIpc) is 3.40. The minimum atomic E-state index is 0. The van der Waals surface area contributed by atoms with Gasteiger partial charge in [-0.3, -0.25) is 9.89 Å². The zero-order valence-electron chi connectivity index (χ0n) is 17.5. The number of nitrogens with one attached hydrogen (secondary N) is 2. The van der Waals surface area contributed by atoms with Gasteiger partial charge in [0.15, 0.2) is 5.96 Å². The highest BCUT2D eigenvalue weighted by Gasteiger charge is 2.26. The maximum absolute atomic E-state index is 5.71. The molecule has 0 amide bonds. The summed E-state index contributed by atoms with van der Waals surface area (Å²) >= 11 is 0. The number of hydrogen-bond acceptors (Lipinski definition) is 4. The Kier molecular flexibility index (Phi) is 10.6. The van der Waals surface area contributed by atoms with Crippen LogP contribution in [-0.2, 0) is 0 Å². The van der Waals surface area contributed by atoms with Gasteiger partial charge in [-0.25, -0.2) is 0 Å². The van der Waals surface area contributed by atoms with E-state index < -0.39 is 0 Å². The first kappa shape index (κ1) is 23.5. The number of aliphatic imine (C=N–C) groups is 1. The van der Waals surface area contributed by atoms with E-state index in [2.05, 4.69) is 38.4 Å². The number of piperidine rings is 1. The Bertz CT molecular complexity index is 551. The minimum Gasteiger partial charge on any atom is -0.468 e. The third-order valence-corrected chi connectivity index (χ3v) is 5.94. The van der Waals surface area contributed by atoms with Gasteiger partial charge < -0.3 is 20.0 Å². The van der Waals surface area contributed by atoms with E-state index >= 15 is 0 Å². The molecule has 2 aliphatic heterocycles. The van der Waals surface area contributed by atoms with Gasteiger partial charge in [0, 0.05) is 20.1 Å². The molecular weight excluding hydrogens is 465 g/mol. The van der Waals surface area contributed by atoms with Crippen LogP contribution in [0.2, 0.25) is 0 Å². The molecule has 3 rings (SSSR count). The van der Waals surface area contributed by atoms with Crippen molar-refractivity contribution in [1.29, 1.82) is 0 Å². The van der Waals surface area contributed by atoms with E-state index in [1.165, 1.54) is 51.7 Å². The van der Waals surface area contributed by atoms with Crippen LogP contribution >= 0.6 is 24.0 Å². The number of rotatable bonds is 8. The van der Waals surface area contributed by atoms with Gasteiger partial charge in [-0.2, -0.15) is 0 Å². The summed E-state index contributed by atoms with van der Waals surface area (Å²) in [7, 11) is 1.86. The summed E-state index contributed by atoms with van der Waals surface area (Å²) in [4.78, 5) is 9.54. The Balaban J connectivity index is 0.00000280. The normalized spacial score (nSPS) is 20.7. The lowest BCUT2D eigenvalue weighted by molar-refractivity contribution is 0.185. The molecule has 1 unspecified atom stereocenters. The van der Waals surface area contributed by atoms with Gasteiger partial charge in [0.1, 0.15) is 5.76 Å². The molecule has 160 valence electrons. The number of halogens is 1. The second-order valence-electron chi connectivity index (χ2n) is 7.89. The van der Waals surface area contributed by atoms with Crippen LogP contribution in [0.3, 0.4) is 0 Å². The molecule has 3 heterocycles. The van der Waals surface area contributed by atoms with Crippen LogP contribution in [-0.4, -0.2) is 68.6 Å². The third-order valence-electron chi connectivity index (χ3n) is 5.94. The molecule has 1 aromatic rings. The van der Waals surface area contributed by atoms with E-state index in [-0.39, 0.29) is 30.0 Å². The average molecular weight is 503 g/mol. The van der Waals surface area contributed by atoms with E-state index in [9.17, 15) is 0 Å². The first-order valence-electron chi connectivity index (χ1n) is 10.7. The van der Waals surface area contributed by atoms with Crippen molar-refractivity contribution in [2.45, 2.75) is 45.1 Å². The molecule has 0 radical (unpaired) electrons. The number of nitrogens with zero attached hydrogens (tertiary/aromatic N) is 3. The molecule has 2 N–H and O–H groups in total. The summed E-state index contributed by atoms with van der Waals surface area (Å²) in [5, 5.41) is 7.08. The summed E-state index contributed by atoms with van der Waals surface area (Å²) in [6.45, 7) is 10.1. The molecule has 0 saturated carbocycles.